The van der Waals surface area contributed by atoms with Crippen molar-refractivity contribution in [1.82, 2.24) is 0 Å². The summed E-state index contributed by atoms with van der Waals surface area (Å²) in [6, 6.07) is 2.27. The van der Waals surface area contributed by atoms with E-state index < -0.39 is 18.3 Å². The second-order valence-electron chi connectivity index (χ2n) is 3.56. The third-order valence-electron chi connectivity index (χ3n) is 2.30. The molecular weight excluding hydrogens is 306 g/mol. The lowest BCUT2D eigenvalue weighted by molar-refractivity contribution is -0.163. The predicted octanol–water partition coefficient (Wildman–Crippen LogP) is 3.20. The number of amides is 1. The summed E-state index contributed by atoms with van der Waals surface area (Å²) in [4.78, 5) is 11.2. The second-order valence-corrected chi connectivity index (χ2v) is 3.97. The van der Waals surface area contributed by atoms with Crippen molar-refractivity contribution in [3.8, 4) is 11.5 Å². The Hall–Kier alpha value is -1.70. The summed E-state index contributed by atoms with van der Waals surface area (Å²) in [6.07, 6.45) is -4.12. The lowest BCUT2D eigenvalue weighted by Crippen LogP contribution is -2.41. The maximum absolute atomic E-state index is 12.9. The first-order valence-corrected chi connectivity index (χ1v) is 5.50. The van der Waals surface area contributed by atoms with Crippen LogP contribution in [0.5, 0.6) is 11.5 Å². The minimum atomic E-state index is -4.82. The molecule has 0 bridgehead atoms. The van der Waals surface area contributed by atoms with Crippen molar-refractivity contribution in [3.05, 3.63) is 17.2 Å². The van der Waals surface area contributed by atoms with Gasteiger partial charge in [-0.25, -0.2) is 8.78 Å². The molecule has 1 aromatic rings. The van der Waals surface area contributed by atoms with E-state index in [0.29, 0.717) is 0 Å². The van der Waals surface area contributed by atoms with E-state index in [4.69, 9.17) is 21.1 Å². The molecule has 0 aliphatic rings. The maximum Gasteiger partial charge on any atom is 0.383 e. The van der Waals surface area contributed by atoms with Crippen molar-refractivity contribution in [1.29, 1.82) is 0 Å². The summed E-state index contributed by atoms with van der Waals surface area (Å²) in [7, 11) is 2.45. The fourth-order valence-electron chi connectivity index (χ4n) is 1.26. The first-order chi connectivity index (χ1) is 9.23. The molecule has 0 heterocycles. The third kappa shape index (κ3) is 3.24. The van der Waals surface area contributed by atoms with E-state index >= 15 is 0 Å². The summed E-state index contributed by atoms with van der Waals surface area (Å²) in [5.41, 5.74) is -0.265. The molecule has 0 spiro atoms. The Bertz CT molecular complexity index is 511. The van der Waals surface area contributed by atoms with Gasteiger partial charge in [0.1, 0.15) is 11.5 Å². The number of hydrogen-bond donors (Lipinski definition) is 1. The van der Waals surface area contributed by atoms with E-state index in [2.05, 4.69) is 0 Å². The number of hydrogen-bond acceptors (Lipinski definition) is 3. The molecule has 9 heteroatoms. The number of rotatable bonds is 5. The summed E-state index contributed by atoms with van der Waals surface area (Å²) in [6.45, 7) is 0. The summed E-state index contributed by atoms with van der Waals surface area (Å²) < 4.78 is 59.5. The molecule has 0 atom stereocenters. The van der Waals surface area contributed by atoms with E-state index in [1.807, 2.05) is 0 Å². The molecule has 0 saturated heterocycles. The van der Waals surface area contributed by atoms with Gasteiger partial charge in [-0.1, -0.05) is 11.6 Å². The molecule has 1 N–H and O–H groups in total. The molecule has 1 amide bonds. The van der Waals surface area contributed by atoms with Crippen LogP contribution in [0.15, 0.2) is 12.1 Å². The first-order valence-electron chi connectivity index (χ1n) is 5.13. The molecule has 0 radical (unpaired) electrons. The van der Waals surface area contributed by atoms with Crippen LogP contribution in [0.3, 0.4) is 0 Å². The normalized spacial score (nSPS) is 11.4. The molecule has 0 aromatic heterocycles. The smallest absolute Gasteiger partial charge is 0.383 e. The molecule has 0 saturated carbocycles. The number of alkyl halides is 4. The molecule has 4 nitrogen and oxygen atoms in total. The van der Waals surface area contributed by atoms with Crippen LogP contribution in [0.25, 0.3) is 0 Å². The van der Waals surface area contributed by atoms with Gasteiger partial charge in [-0.15, -0.1) is 0 Å². The van der Waals surface area contributed by atoms with Crippen LogP contribution in [-0.2, 0) is 4.79 Å². The Morgan fingerprint density at radius 3 is 2.25 bits per heavy atom. The maximum atomic E-state index is 12.9. The van der Waals surface area contributed by atoms with Gasteiger partial charge in [0.25, 0.3) is 0 Å². The molecule has 0 unspecified atom stereocenters. The van der Waals surface area contributed by atoms with Gasteiger partial charge < -0.3 is 14.8 Å². The fourth-order valence-corrected chi connectivity index (χ4v) is 1.49. The van der Waals surface area contributed by atoms with Crippen molar-refractivity contribution >= 4 is 23.2 Å². The van der Waals surface area contributed by atoms with Gasteiger partial charge in [-0.05, 0) is 0 Å². The summed E-state index contributed by atoms with van der Waals surface area (Å²) in [5, 5.41) is 1.75. The molecule has 0 aliphatic heterocycles. The van der Waals surface area contributed by atoms with Gasteiger partial charge in [0.05, 0.1) is 24.9 Å². The van der Waals surface area contributed by atoms with E-state index in [-0.39, 0.29) is 22.2 Å². The molecule has 0 fully saturated rings. The highest BCUT2D eigenvalue weighted by Gasteiger charge is 2.49. The lowest BCUT2D eigenvalue weighted by Gasteiger charge is -2.17. The number of carbonyl (C=O) groups excluding carboxylic acids is 1. The van der Waals surface area contributed by atoms with Crippen LogP contribution in [0, 0.1) is 0 Å². The van der Waals surface area contributed by atoms with E-state index in [1.165, 1.54) is 20.3 Å². The molecule has 0 aliphatic carbocycles. The average Bonchev–Trinajstić information content (AvgIpc) is 2.39. The van der Waals surface area contributed by atoms with Crippen LogP contribution in [0.4, 0.5) is 23.2 Å². The van der Waals surface area contributed by atoms with Crippen LogP contribution < -0.4 is 14.8 Å². The van der Waals surface area contributed by atoms with Gasteiger partial charge in [0, 0.05) is 12.1 Å². The number of anilines is 1. The van der Waals surface area contributed by atoms with Gasteiger partial charge in [0.2, 0.25) is 0 Å². The summed E-state index contributed by atoms with van der Waals surface area (Å²) >= 11 is 5.77. The first kappa shape index (κ1) is 16.4. The summed E-state index contributed by atoms with van der Waals surface area (Å²) in [5.74, 6) is -7.00. The fraction of sp³-hybridized carbons (Fsp3) is 0.364. The van der Waals surface area contributed by atoms with E-state index in [9.17, 15) is 22.4 Å². The molecule has 1 aromatic carbocycles. The van der Waals surface area contributed by atoms with Crippen molar-refractivity contribution < 1.29 is 31.8 Å². The Labute approximate surface area is 116 Å². The minimum Gasteiger partial charge on any atom is -0.495 e. The van der Waals surface area contributed by atoms with Gasteiger partial charge in [-0.2, -0.15) is 8.78 Å². The number of nitrogens with one attached hydrogen (secondary N) is 1. The Balaban J connectivity index is 3.11. The Morgan fingerprint density at radius 2 is 1.80 bits per heavy atom. The van der Waals surface area contributed by atoms with Crippen LogP contribution >= 0.6 is 11.6 Å². The van der Waals surface area contributed by atoms with Crippen LogP contribution in [-0.4, -0.2) is 32.5 Å². The lowest BCUT2D eigenvalue weighted by atomic mass is 10.2. The SMILES string of the molecule is COc1cc(NC(=O)C(F)(F)C(F)F)c(OC)cc1Cl. The zero-order valence-corrected chi connectivity index (χ0v) is 11.1. The highest BCUT2D eigenvalue weighted by Crippen LogP contribution is 2.36. The molecule has 112 valence electrons. The van der Waals surface area contributed by atoms with E-state index in [0.717, 1.165) is 6.07 Å². The van der Waals surface area contributed by atoms with Crippen molar-refractivity contribution in [2.75, 3.05) is 19.5 Å². The quantitative estimate of drug-likeness (QED) is 0.849. The highest BCUT2D eigenvalue weighted by molar-refractivity contribution is 6.32. The number of carbonyl (C=O) groups is 1. The third-order valence-corrected chi connectivity index (χ3v) is 2.59. The minimum absolute atomic E-state index is 0.0585. The Morgan fingerprint density at radius 1 is 1.25 bits per heavy atom. The topological polar surface area (TPSA) is 47.6 Å². The van der Waals surface area contributed by atoms with Crippen LogP contribution in [0.2, 0.25) is 5.02 Å². The standard InChI is InChI=1S/C11H10ClF4NO3/c1-19-7-4-6(8(20-2)3-5(7)12)17-10(18)11(15,16)9(13)14/h3-4,9H,1-2H3,(H,17,18). The molecule has 1 rings (SSSR count). The zero-order chi connectivity index (χ0) is 15.5. The number of methoxy groups -OCH3 is 2. The largest absolute Gasteiger partial charge is 0.495 e. The van der Waals surface area contributed by atoms with Crippen molar-refractivity contribution in [2.45, 2.75) is 12.3 Å². The number of halogens is 5. The highest BCUT2D eigenvalue weighted by atomic mass is 35.5. The monoisotopic (exact) mass is 315 g/mol. The molecular formula is C11H10ClF4NO3. The van der Waals surface area contributed by atoms with Gasteiger partial charge in [0.15, 0.2) is 0 Å². The van der Waals surface area contributed by atoms with Crippen molar-refractivity contribution in [3.63, 3.8) is 0 Å². The second kappa shape index (κ2) is 6.17. The number of ether oxygens (including phenoxy) is 2. The zero-order valence-electron chi connectivity index (χ0n) is 10.3. The van der Waals surface area contributed by atoms with Crippen LogP contribution in [0.1, 0.15) is 0 Å². The molecule has 20 heavy (non-hydrogen) atoms. The average molecular weight is 316 g/mol. The van der Waals surface area contributed by atoms with Crippen molar-refractivity contribution in [2.24, 2.45) is 0 Å². The van der Waals surface area contributed by atoms with Gasteiger partial charge >= 0.3 is 18.3 Å². The predicted molar refractivity (Wildman–Crippen MR) is 64.1 cm³/mol. The number of benzene rings is 1. The van der Waals surface area contributed by atoms with Gasteiger partial charge in [-0.3, -0.25) is 4.79 Å². The Kier molecular flexibility index (Phi) is 5.04. The van der Waals surface area contributed by atoms with E-state index in [1.54, 1.807) is 5.32 Å².